The quantitative estimate of drug-likeness (QED) is 0.518. The number of ketones is 4. The maximum Gasteiger partial charge on any atom is 0.249 e. The van der Waals surface area contributed by atoms with E-state index < -0.39 is 48.1 Å². The van der Waals surface area contributed by atoms with Gasteiger partial charge in [0, 0.05) is 12.8 Å². The Balaban J connectivity index is 5.23. The van der Waals surface area contributed by atoms with Crippen LogP contribution in [0.25, 0.3) is 0 Å². The fraction of sp³-hybridized carbons (Fsp3) is 0.333. The zero-order valence-corrected chi connectivity index (χ0v) is 10.5. The maximum atomic E-state index is 11.3. The van der Waals surface area contributed by atoms with Gasteiger partial charge < -0.3 is 0 Å². The van der Waals surface area contributed by atoms with Crippen LogP contribution in [-0.2, 0) is 19.2 Å². The van der Waals surface area contributed by atoms with Crippen molar-refractivity contribution in [2.24, 2.45) is 0 Å². The zero-order valence-electron chi connectivity index (χ0n) is 10.5. The fourth-order valence-electron chi connectivity index (χ4n) is 1.32. The molecular formula is C12H7N5O4. The fourth-order valence-corrected chi connectivity index (χ4v) is 1.32. The molecule has 0 radical (unpaired) electrons. The van der Waals surface area contributed by atoms with Gasteiger partial charge in [-0.15, -0.1) is 0 Å². The van der Waals surface area contributed by atoms with Crippen LogP contribution in [0, 0.1) is 45.3 Å². The molecule has 2 atom stereocenters. The van der Waals surface area contributed by atoms with Gasteiger partial charge in [0.05, 0.1) is 12.1 Å². The highest BCUT2D eigenvalue weighted by Gasteiger charge is 2.29. The van der Waals surface area contributed by atoms with Gasteiger partial charge in [-0.3, -0.25) is 24.5 Å². The molecule has 104 valence electrons. The average molecular weight is 285 g/mol. The summed E-state index contributed by atoms with van der Waals surface area (Å²) in [6.45, 7) is 0. The Hall–Kier alpha value is -3.40. The molecule has 0 aromatic rings. The van der Waals surface area contributed by atoms with Gasteiger partial charge in [0.15, 0.2) is 0 Å². The van der Waals surface area contributed by atoms with Crippen molar-refractivity contribution in [3.05, 3.63) is 0 Å². The third-order valence-corrected chi connectivity index (χ3v) is 2.28. The summed E-state index contributed by atoms with van der Waals surface area (Å²) in [6.07, 6.45) is -1.39. The first kappa shape index (κ1) is 17.6. The number of nitrogens with one attached hydrogen (secondary N) is 1. The summed E-state index contributed by atoms with van der Waals surface area (Å²) in [7, 11) is 0. The monoisotopic (exact) mass is 285 g/mol. The molecular weight excluding hydrogens is 278 g/mol. The van der Waals surface area contributed by atoms with Crippen molar-refractivity contribution < 1.29 is 19.2 Å². The first-order valence-electron chi connectivity index (χ1n) is 5.39. The van der Waals surface area contributed by atoms with E-state index >= 15 is 0 Å². The Bertz CT molecular complexity index is 585. The summed E-state index contributed by atoms with van der Waals surface area (Å²) in [5, 5.41) is 36.0. The van der Waals surface area contributed by atoms with Gasteiger partial charge >= 0.3 is 0 Å². The van der Waals surface area contributed by atoms with Crippen molar-refractivity contribution >= 4 is 23.1 Å². The van der Waals surface area contributed by atoms with Crippen LogP contribution in [-0.4, -0.2) is 35.2 Å². The number of carbonyl (C=O) groups is 4. The number of nitrogens with zero attached hydrogens (tertiary/aromatic N) is 4. The van der Waals surface area contributed by atoms with E-state index in [1.54, 1.807) is 0 Å². The highest BCUT2D eigenvalue weighted by molar-refractivity contribution is 6.06. The molecule has 0 spiro atoms. The van der Waals surface area contributed by atoms with Crippen LogP contribution in [0.4, 0.5) is 0 Å². The van der Waals surface area contributed by atoms with Crippen LogP contribution in [0.1, 0.15) is 12.8 Å². The number of hydrogen-bond donors (Lipinski definition) is 1. The molecule has 0 aliphatic rings. The smallest absolute Gasteiger partial charge is 0.249 e. The lowest BCUT2D eigenvalue weighted by molar-refractivity contribution is -0.123. The molecule has 0 fully saturated rings. The number of Topliss-reactive ketones (excluding diaryl/α,β-unsaturated/α-hetero) is 4. The molecule has 0 aliphatic heterocycles. The van der Waals surface area contributed by atoms with E-state index in [0.717, 1.165) is 0 Å². The van der Waals surface area contributed by atoms with Gasteiger partial charge in [-0.25, -0.2) is 0 Å². The molecule has 0 heterocycles. The van der Waals surface area contributed by atoms with Crippen molar-refractivity contribution in [2.45, 2.75) is 24.9 Å². The first-order valence-corrected chi connectivity index (χ1v) is 5.39. The predicted octanol–water partition coefficient (Wildman–Crippen LogP) is -1.54. The maximum absolute atomic E-state index is 11.3. The molecule has 1 N–H and O–H groups in total. The van der Waals surface area contributed by atoms with Crippen LogP contribution in [0.3, 0.4) is 0 Å². The number of nitriles is 4. The molecule has 0 rings (SSSR count). The van der Waals surface area contributed by atoms with Gasteiger partial charge in [0.2, 0.25) is 23.1 Å². The van der Waals surface area contributed by atoms with Crippen molar-refractivity contribution in [1.82, 2.24) is 5.32 Å². The van der Waals surface area contributed by atoms with Crippen LogP contribution in [0.2, 0.25) is 0 Å². The van der Waals surface area contributed by atoms with Crippen LogP contribution in [0.5, 0.6) is 0 Å². The second kappa shape index (κ2) is 8.66. The second-order valence-corrected chi connectivity index (χ2v) is 3.70. The summed E-state index contributed by atoms with van der Waals surface area (Å²) in [4.78, 5) is 44.7. The van der Waals surface area contributed by atoms with E-state index in [2.05, 4.69) is 5.32 Å². The first-order chi connectivity index (χ1) is 9.89. The van der Waals surface area contributed by atoms with Gasteiger partial charge in [0.1, 0.15) is 24.3 Å². The van der Waals surface area contributed by atoms with Crippen LogP contribution < -0.4 is 5.32 Å². The van der Waals surface area contributed by atoms with Gasteiger partial charge in [-0.1, -0.05) is 0 Å². The Morgan fingerprint density at radius 3 is 1.29 bits per heavy atom. The van der Waals surface area contributed by atoms with Gasteiger partial charge in [0.25, 0.3) is 0 Å². The van der Waals surface area contributed by atoms with E-state index in [9.17, 15) is 19.2 Å². The summed E-state index contributed by atoms with van der Waals surface area (Å²) in [6, 6.07) is 1.86. The number of carbonyl (C=O) groups excluding carboxylic acids is 4. The highest BCUT2D eigenvalue weighted by atomic mass is 16.1. The Kier molecular flexibility index (Phi) is 7.26. The molecule has 0 aromatic heterocycles. The molecule has 0 bridgehead atoms. The molecule has 9 heteroatoms. The minimum Gasteiger partial charge on any atom is -0.295 e. The molecule has 21 heavy (non-hydrogen) atoms. The van der Waals surface area contributed by atoms with Crippen molar-refractivity contribution in [1.29, 1.82) is 21.0 Å². The summed E-state index contributed by atoms with van der Waals surface area (Å²) >= 11 is 0. The third kappa shape index (κ3) is 5.85. The number of rotatable bonds is 8. The Morgan fingerprint density at radius 2 is 1.05 bits per heavy atom. The minimum atomic E-state index is -1.52. The molecule has 0 saturated carbocycles. The predicted molar refractivity (Wildman–Crippen MR) is 62.4 cm³/mol. The summed E-state index contributed by atoms with van der Waals surface area (Å²) in [5.74, 6) is -4.32. The molecule has 0 saturated heterocycles. The van der Waals surface area contributed by atoms with Gasteiger partial charge in [-0.05, 0) is 0 Å². The number of hydrogen-bond acceptors (Lipinski definition) is 9. The largest absolute Gasteiger partial charge is 0.295 e. The topological polar surface area (TPSA) is 175 Å². The minimum absolute atomic E-state index is 0.696. The molecule has 0 amide bonds. The van der Waals surface area contributed by atoms with Crippen molar-refractivity contribution in [2.75, 3.05) is 0 Å². The lowest BCUT2D eigenvalue weighted by Gasteiger charge is -2.18. The van der Waals surface area contributed by atoms with Crippen molar-refractivity contribution in [3.63, 3.8) is 0 Å². The second-order valence-electron chi connectivity index (χ2n) is 3.70. The van der Waals surface area contributed by atoms with Gasteiger partial charge in [-0.2, -0.15) is 21.0 Å². The summed E-state index contributed by atoms with van der Waals surface area (Å²) in [5.41, 5.74) is 0. The molecule has 2 unspecified atom stereocenters. The van der Waals surface area contributed by atoms with Crippen molar-refractivity contribution in [3.8, 4) is 24.3 Å². The molecule has 9 nitrogen and oxygen atoms in total. The van der Waals surface area contributed by atoms with E-state index in [0.29, 0.717) is 0 Å². The average Bonchev–Trinajstić information content (AvgIpc) is 2.50. The zero-order chi connectivity index (χ0) is 16.4. The van der Waals surface area contributed by atoms with E-state index in [1.807, 2.05) is 0 Å². The molecule has 0 aromatic carbocycles. The Labute approximate surface area is 119 Å². The third-order valence-electron chi connectivity index (χ3n) is 2.28. The lowest BCUT2D eigenvalue weighted by atomic mass is 10.0. The van der Waals surface area contributed by atoms with E-state index in [-0.39, 0.29) is 0 Å². The lowest BCUT2D eigenvalue weighted by Crippen LogP contribution is -2.48. The van der Waals surface area contributed by atoms with E-state index in [1.165, 1.54) is 24.3 Å². The standard InChI is InChI=1S/C12H7N5O4/c13-3-7(18)1-9(11(20)5-15)17-10(12(21)6-16)2-8(19)4-14/h9-10,17H,1-2H2. The van der Waals surface area contributed by atoms with E-state index in [4.69, 9.17) is 21.0 Å². The SMILES string of the molecule is N#CC(=O)CC(NC(CC(=O)C#N)C(=O)C#N)C(=O)C#N. The normalized spacial score (nSPS) is 11.6. The van der Waals surface area contributed by atoms with Crippen LogP contribution in [0.15, 0.2) is 0 Å². The van der Waals surface area contributed by atoms with Crippen LogP contribution >= 0.6 is 0 Å². The summed E-state index contributed by atoms with van der Waals surface area (Å²) < 4.78 is 0. The highest BCUT2D eigenvalue weighted by Crippen LogP contribution is 2.02. The molecule has 0 aliphatic carbocycles. The Morgan fingerprint density at radius 1 is 0.714 bits per heavy atom.